The van der Waals surface area contributed by atoms with Crippen LogP contribution < -0.4 is 5.56 Å². The molecule has 0 aliphatic carbocycles. The first-order valence-corrected chi connectivity index (χ1v) is 4.94. The van der Waals surface area contributed by atoms with Gasteiger partial charge in [0.15, 0.2) is 5.58 Å². The number of hydrogen-bond donors (Lipinski definition) is 2. The fourth-order valence-electron chi connectivity index (χ4n) is 1.85. The Labute approximate surface area is 94.3 Å². The maximum atomic E-state index is 11.5. The number of carboxylic acids is 1. The lowest BCUT2D eigenvalue weighted by Crippen LogP contribution is -2.02. The highest BCUT2D eigenvalue weighted by molar-refractivity contribution is 6.06. The van der Waals surface area contributed by atoms with Crippen LogP contribution in [0.2, 0.25) is 0 Å². The minimum atomic E-state index is -1.01. The number of benzene rings is 1. The van der Waals surface area contributed by atoms with E-state index in [1.807, 2.05) is 0 Å². The molecule has 5 nitrogen and oxygen atoms in total. The van der Waals surface area contributed by atoms with Gasteiger partial charge >= 0.3 is 5.97 Å². The van der Waals surface area contributed by atoms with Gasteiger partial charge in [-0.3, -0.25) is 4.79 Å². The van der Waals surface area contributed by atoms with E-state index in [1.54, 1.807) is 12.1 Å². The average Bonchev–Trinajstić information content (AvgIpc) is 2.68. The first-order valence-electron chi connectivity index (χ1n) is 4.94. The molecular formula is C12H7NO4. The molecule has 0 saturated carbocycles. The molecule has 0 aliphatic rings. The molecule has 0 atom stereocenters. The Morgan fingerprint density at radius 3 is 2.82 bits per heavy atom. The zero-order chi connectivity index (χ0) is 12.0. The number of H-pyrrole nitrogens is 1. The minimum Gasteiger partial charge on any atom is -0.478 e. The molecule has 3 aromatic rings. The van der Waals surface area contributed by atoms with Gasteiger partial charge in [-0.05, 0) is 24.3 Å². The van der Waals surface area contributed by atoms with Crippen molar-refractivity contribution in [1.29, 1.82) is 0 Å². The lowest BCUT2D eigenvalue weighted by atomic mass is 10.1. The summed E-state index contributed by atoms with van der Waals surface area (Å²) in [5.41, 5.74) is 0.558. The number of hydrogen-bond acceptors (Lipinski definition) is 3. The Kier molecular flexibility index (Phi) is 1.82. The maximum Gasteiger partial charge on any atom is 0.335 e. The van der Waals surface area contributed by atoms with Crippen molar-refractivity contribution in [3.05, 3.63) is 46.4 Å². The van der Waals surface area contributed by atoms with Gasteiger partial charge in [0, 0.05) is 17.0 Å². The molecule has 0 amide bonds. The van der Waals surface area contributed by atoms with Crippen LogP contribution in [-0.2, 0) is 0 Å². The number of aromatic carboxylic acids is 1. The first kappa shape index (κ1) is 9.65. The van der Waals surface area contributed by atoms with Crippen LogP contribution in [-0.4, -0.2) is 16.1 Å². The molecule has 1 aromatic carbocycles. The molecule has 84 valence electrons. The van der Waals surface area contributed by atoms with Crippen molar-refractivity contribution in [1.82, 2.24) is 4.98 Å². The van der Waals surface area contributed by atoms with Gasteiger partial charge in [-0.1, -0.05) is 0 Å². The molecule has 17 heavy (non-hydrogen) atoms. The number of carboxylic acid groups (broad SMARTS) is 1. The van der Waals surface area contributed by atoms with Crippen LogP contribution in [0.1, 0.15) is 10.4 Å². The number of fused-ring (bicyclic) bond motifs is 3. The van der Waals surface area contributed by atoms with Crippen LogP contribution in [0, 0.1) is 0 Å². The number of aromatic amines is 1. The van der Waals surface area contributed by atoms with Crippen LogP contribution in [0.5, 0.6) is 0 Å². The Morgan fingerprint density at radius 2 is 2.06 bits per heavy atom. The van der Waals surface area contributed by atoms with Crippen molar-refractivity contribution < 1.29 is 14.3 Å². The third-order valence-corrected chi connectivity index (χ3v) is 2.64. The molecule has 0 saturated heterocycles. The summed E-state index contributed by atoms with van der Waals surface area (Å²) in [6.45, 7) is 0. The van der Waals surface area contributed by atoms with E-state index in [4.69, 9.17) is 9.52 Å². The third-order valence-electron chi connectivity index (χ3n) is 2.64. The molecule has 3 rings (SSSR count). The van der Waals surface area contributed by atoms with E-state index >= 15 is 0 Å². The lowest BCUT2D eigenvalue weighted by molar-refractivity contribution is 0.0697. The van der Waals surface area contributed by atoms with Crippen molar-refractivity contribution in [3.8, 4) is 0 Å². The number of carbonyl (C=O) groups is 1. The summed E-state index contributed by atoms with van der Waals surface area (Å²) >= 11 is 0. The highest BCUT2D eigenvalue weighted by atomic mass is 16.4. The molecular weight excluding hydrogens is 222 g/mol. The van der Waals surface area contributed by atoms with Gasteiger partial charge in [0.1, 0.15) is 5.58 Å². The van der Waals surface area contributed by atoms with Crippen molar-refractivity contribution in [2.45, 2.75) is 0 Å². The zero-order valence-corrected chi connectivity index (χ0v) is 8.56. The van der Waals surface area contributed by atoms with E-state index in [0.29, 0.717) is 16.4 Å². The van der Waals surface area contributed by atoms with Crippen LogP contribution in [0.15, 0.2) is 39.7 Å². The number of aromatic nitrogens is 1. The number of pyridine rings is 1. The summed E-state index contributed by atoms with van der Waals surface area (Å²) in [5, 5.41) is 10.2. The summed E-state index contributed by atoms with van der Waals surface area (Å²) in [6.07, 6.45) is 1.51. The Bertz CT molecular complexity index is 797. The van der Waals surface area contributed by atoms with Gasteiger partial charge in [0.05, 0.1) is 5.56 Å². The number of furan rings is 1. The molecule has 2 N–H and O–H groups in total. The highest BCUT2D eigenvalue weighted by Crippen LogP contribution is 2.26. The van der Waals surface area contributed by atoms with Crippen molar-refractivity contribution >= 4 is 27.9 Å². The van der Waals surface area contributed by atoms with Gasteiger partial charge in [0.25, 0.3) is 5.56 Å². The quantitative estimate of drug-likeness (QED) is 0.668. The average molecular weight is 229 g/mol. The van der Waals surface area contributed by atoms with E-state index in [-0.39, 0.29) is 16.7 Å². The van der Waals surface area contributed by atoms with Crippen molar-refractivity contribution in [3.63, 3.8) is 0 Å². The predicted octanol–water partition coefficient (Wildman–Crippen LogP) is 1.97. The summed E-state index contributed by atoms with van der Waals surface area (Å²) in [6, 6.07) is 6.19. The standard InChI is InChI=1S/C12H7NO4/c14-11-10-7(3-4-13-11)8-5-6(12(15)16)1-2-9(8)17-10/h1-5H,(H,13,14)(H,15,16). The number of rotatable bonds is 1. The fourth-order valence-corrected chi connectivity index (χ4v) is 1.85. The highest BCUT2D eigenvalue weighted by Gasteiger charge is 2.11. The molecule has 2 aromatic heterocycles. The van der Waals surface area contributed by atoms with Crippen molar-refractivity contribution in [2.24, 2.45) is 0 Å². The topological polar surface area (TPSA) is 83.3 Å². The molecule has 5 heteroatoms. The minimum absolute atomic E-state index is 0.167. The largest absolute Gasteiger partial charge is 0.478 e. The molecule has 0 bridgehead atoms. The van der Waals surface area contributed by atoms with E-state index in [2.05, 4.69) is 4.98 Å². The van der Waals surface area contributed by atoms with Crippen molar-refractivity contribution in [2.75, 3.05) is 0 Å². The Balaban J connectivity index is 2.50. The normalized spacial score (nSPS) is 11.1. The molecule has 0 aliphatic heterocycles. The van der Waals surface area contributed by atoms with Crippen LogP contribution in [0.3, 0.4) is 0 Å². The van der Waals surface area contributed by atoms with E-state index < -0.39 is 5.97 Å². The fraction of sp³-hybridized carbons (Fsp3) is 0. The Hall–Kier alpha value is -2.56. The SMILES string of the molecule is O=C(O)c1ccc2oc3c(=O)[nH]ccc3c2c1. The maximum absolute atomic E-state index is 11.5. The second kappa shape index (κ2) is 3.21. The third kappa shape index (κ3) is 1.32. The van der Waals surface area contributed by atoms with Crippen LogP contribution in [0.25, 0.3) is 21.9 Å². The number of nitrogens with one attached hydrogen (secondary N) is 1. The van der Waals surface area contributed by atoms with Gasteiger partial charge in [-0.15, -0.1) is 0 Å². The smallest absolute Gasteiger partial charge is 0.335 e. The first-order chi connectivity index (χ1) is 8.16. The zero-order valence-electron chi connectivity index (χ0n) is 8.56. The molecule has 0 fully saturated rings. The molecule has 0 unspecified atom stereocenters. The molecule has 0 radical (unpaired) electrons. The molecule has 2 heterocycles. The van der Waals surface area contributed by atoms with E-state index in [9.17, 15) is 9.59 Å². The summed E-state index contributed by atoms with van der Waals surface area (Å²) in [4.78, 5) is 24.9. The van der Waals surface area contributed by atoms with Gasteiger partial charge in [0.2, 0.25) is 0 Å². The monoisotopic (exact) mass is 229 g/mol. The van der Waals surface area contributed by atoms with Gasteiger partial charge < -0.3 is 14.5 Å². The van der Waals surface area contributed by atoms with Gasteiger partial charge in [-0.25, -0.2) is 4.79 Å². The van der Waals surface area contributed by atoms with E-state index in [1.165, 1.54) is 18.3 Å². The second-order valence-electron chi connectivity index (χ2n) is 3.67. The summed E-state index contributed by atoms with van der Waals surface area (Å²) in [5.74, 6) is -1.01. The van der Waals surface area contributed by atoms with Crippen LogP contribution >= 0.6 is 0 Å². The predicted molar refractivity (Wildman–Crippen MR) is 61.3 cm³/mol. The van der Waals surface area contributed by atoms with Gasteiger partial charge in [-0.2, -0.15) is 0 Å². The van der Waals surface area contributed by atoms with E-state index in [0.717, 1.165) is 0 Å². The summed E-state index contributed by atoms with van der Waals surface area (Å²) < 4.78 is 5.38. The Morgan fingerprint density at radius 1 is 1.24 bits per heavy atom. The lowest BCUT2D eigenvalue weighted by Gasteiger charge is -1.93. The second-order valence-corrected chi connectivity index (χ2v) is 3.67. The molecule has 0 spiro atoms. The van der Waals surface area contributed by atoms with Crippen LogP contribution in [0.4, 0.5) is 0 Å². The summed E-state index contributed by atoms with van der Waals surface area (Å²) in [7, 11) is 0.